The van der Waals surface area contributed by atoms with Gasteiger partial charge in [0.1, 0.15) is 70.5 Å². The molecule has 11 atom stereocenters. The lowest BCUT2D eigenvalue weighted by Gasteiger charge is -2.34. The fourth-order valence-corrected chi connectivity index (χ4v) is 15.0. The Labute approximate surface area is 814 Å². The van der Waals surface area contributed by atoms with Crippen molar-refractivity contribution in [1.82, 2.24) is 104 Å². The van der Waals surface area contributed by atoms with Crippen LogP contribution in [0.5, 0.6) is 5.75 Å². The van der Waals surface area contributed by atoms with Gasteiger partial charge in [0.05, 0.1) is 110 Å². The van der Waals surface area contributed by atoms with Gasteiger partial charge in [-0.05, 0) is 151 Å². The van der Waals surface area contributed by atoms with Gasteiger partial charge in [-0.2, -0.15) is 5.21 Å². The highest BCUT2D eigenvalue weighted by Gasteiger charge is 2.44. The number of H-pyrrole nitrogens is 2. The van der Waals surface area contributed by atoms with Crippen LogP contribution in [0.3, 0.4) is 0 Å². The number of aliphatic carboxylic acids is 1. The van der Waals surface area contributed by atoms with Gasteiger partial charge in [0, 0.05) is 63.6 Å². The minimum Gasteiger partial charge on any atom is -0.494 e. The van der Waals surface area contributed by atoms with Gasteiger partial charge in [0.15, 0.2) is 5.82 Å². The molecule has 2 unspecified atom stereocenters. The maximum absolute atomic E-state index is 15.6. The third-order valence-electron chi connectivity index (χ3n) is 22.9. The summed E-state index contributed by atoms with van der Waals surface area (Å²) in [4.78, 5) is 199. The molecule has 0 spiro atoms. The number of ether oxygens (including phenoxy) is 5. The van der Waals surface area contributed by atoms with E-state index in [1.165, 1.54) is 38.4 Å². The number of aromatic amines is 2. The van der Waals surface area contributed by atoms with Crippen LogP contribution in [0.1, 0.15) is 156 Å². The number of aliphatic hydroxyl groups excluding tert-OH is 3. The van der Waals surface area contributed by atoms with Crippen LogP contribution in [-0.4, -0.2) is 288 Å². The highest BCUT2D eigenvalue weighted by Crippen LogP contribution is 2.30. The molecule has 0 aliphatic heterocycles. The van der Waals surface area contributed by atoms with E-state index in [2.05, 4.69) is 111 Å². The fourth-order valence-electron chi connectivity index (χ4n) is 15.0. The Balaban J connectivity index is 0.852. The van der Waals surface area contributed by atoms with Crippen LogP contribution < -0.4 is 69.0 Å². The van der Waals surface area contributed by atoms with E-state index in [1.54, 1.807) is 35.1 Å². The van der Waals surface area contributed by atoms with Gasteiger partial charge in [0.2, 0.25) is 70.8 Å². The van der Waals surface area contributed by atoms with Gasteiger partial charge in [-0.1, -0.05) is 114 Å². The molecular formula is C96H130FN21O23. The Bertz CT molecular complexity index is 5360. The van der Waals surface area contributed by atoms with Gasteiger partial charge >= 0.3 is 5.97 Å². The molecule has 1 aliphatic carbocycles. The van der Waals surface area contributed by atoms with E-state index in [1.807, 2.05) is 63.4 Å². The third kappa shape index (κ3) is 37.6. The summed E-state index contributed by atoms with van der Waals surface area (Å²) < 4.78 is 45.9. The normalized spacial score (nSPS) is 14.8. The first-order valence-corrected chi connectivity index (χ1v) is 46.8. The number of carbonyl (C=O) groups is 14. The number of nitrogens with two attached hydrogens (primary N) is 1. The molecule has 19 N–H and O–H groups in total. The number of halogens is 1. The number of unbranched alkanes of at least 4 members (excludes halogenated alkanes) is 1. The average Bonchev–Trinajstić information content (AvgIpc) is 1.14. The number of nitrogens with one attached hydrogen (secondary N) is 13. The van der Waals surface area contributed by atoms with E-state index in [-0.39, 0.29) is 50.5 Å². The van der Waals surface area contributed by atoms with E-state index in [0.717, 1.165) is 92.3 Å². The lowest BCUT2D eigenvalue weighted by Crippen LogP contribution is -2.67. The van der Waals surface area contributed by atoms with Crippen molar-refractivity contribution in [3.8, 4) is 28.7 Å². The Kier molecular flexibility index (Phi) is 45.9. The number of primary amides is 1. The molecule has 4 aromatic carbocycles. The molecule has 764 valence electrons. The standard InChI is InChI=1S/C96H130FN21O23/c1-9-64-48-70(141-36-18-17-35-118-54-69(112-117-118)56-140-43-42-139-41-40-138-39-38-137-37-34-100-91(133)83(125)66-21-13-11-10-12-14-22-66)30-31-71(64)65-28-26-62(27-29-65)47-74(86(128)104-73(84(98)126)25-19-20-63-45-58(2)44-59(3)46-63)105-87(129)76(50-80(123)124)106-88(130)77(55-119)107-89(131)81(60(4)120)110-94(136)96(8,51-67-23-15-16-24-72(67)97)111-90(132)82(61(5)121)109-79(122)53-102-85(127)75(49-78-113-115-116-114-78)108-93(135)95(6,7)92(134)101-33-32-68-52-99-57-103-68/h15-16,23-24,26-31,44-46,48,52,54,57,60-61,66,73-77,81-82,119-121H,9-13,17-21,25,32-43,47,49-51,53,55-56H2,1-8H3,(H2,98,126)(H,99,103)(H,100,133)(H,101,134)(H,102,127)(H,104,128)(H,105,129)(H,106,130)(H,107,131)(H,108,135)(H,109,122)(H,110,136)(H,111,132)(H,123,124)(H,113,114,115,116)/t60-,61-,66?,73+,74+,75+,76+,77+,81+,82+,96?/m1/s1. The molecule has 0 saturated heterocycles. The number of carboxylic acids is 1. The largest absolute Gasteiger partial charge is 0.494 e. The molecule has 1 aliphatic rings. The predicted octanol–water partition coefficient (Wildman–Crippen LogP) is -0.271. The number of tetrazole rings is 1. The molecular weight excluding hydrogens is 1830 g/mol. The van der Waals surface area contributed by atoms with Crippen molar-refractivity contribution < 1.29 is 116 Å². The van der Waals surface area contributed by atoms with Crippen LogP contribution in [0.15, 0.2) is 104 Å². The first-order valence-electron chi connectivity index (χ1n) is 46.8. The van der Waals surface area contributed by atoms with Gasteiger partial charge in [-0.25, -0.2) is 9.37 Å². The van der Waals surface area contributed by atoms with Crippen molar-refractivity contribution >= 4 is 82.6 Å². The van der Waals surface area contributed by atoms with Crippen LogP contribution >= 0.6 is 0 Å². The Morgan fingerprint density at radius 3 is 1.95 bits per heavy atom. The number of benzene rings is 4. The van der Waals surface area contributed by atoms with E-state index >= 15 is 4.39 Å². The number of aliphatic hydroxyl groups is 3. The second-order valence-electron chi connectivity index (χ2n) is 35.0. The number of carbonyl (C=O) groups excluding carboxylic acids is 13. The molecule has 0 bridgehead atoms. The second kappa shape index (κ2) is 57.6. The zero-order chi connectivity index (χ0) is 103. The van der Waals surface area contributed by atoms with Gasteiger partial charge < -0.3 is 113 Å². The van der Waals surface area contributed by atoms with Crippen LogP contribution in [0.2, 0.25) is 0 Å². The summed E-state index contributed by atoms with van der Waals surface area (Å²) in [5, 5.41) is 91.3. The zero-order valence-electron chi connectivity index (χ0n) is 80.4. The lowest BCUT2D eigenvalue weighted by molar-refractivity contribution is -0.143. The minimum absolute atomic E-state index is 0.0542. The molecule has 141 heavy (non-hydrogen) atoms. The van der Waals surface area contributed by atoms with Gasteiger partial charge in [0.25, 0.3) is 5.91 Å². The summed E-state index contributed by atoms with van der Waals surface area (Å²) in [6.07, 6.45) is 5.99. The Hall–Kier alpha value is -13.9. The van der Waals surface area contributed by atoms with E-state index in [0.29, 0.717) is 114 Å². The fraction of sp³-hybridized carbons (Fsp3) is 0.521. The van der Waals surface area contributed by atoms with E-state index < -0.39 is 192 Å². The number of hydrogen-bond donors (Lipinski definition) is 18. The molecule has 7 aromatic rings. The summed E-state index contributed by atoms with van der Waals surface area (Å²) in [7, 11) is 0. The van der Waals surface area contributed by atoms with Crippen LogP contribution in [0.4, 0.5) is 4.39 Å². The summed E-state index contributed by atoms with van der Waals surface area (Å²) in [6.45, 7) is 13.2. The van der Waals surface area contributed by atoms with Gasteiger partial charge in [-0.3, -0.25) is 71.8 Å². The summed E-state index contributed by atoms with van der Waals surface area (Å²) in [5.74, 6) is -10.2. The number of Topliss-reactive ketones (excluding diaryl/α,β-unsaturated/α-hetero) is 1. The zero-order valence-corrected chi connectivity index (χ0v) is 80.4. The molecule has 3 heterocycles. The smallest absolute Gasteiger partial charge is 0.305 e. The van der Waals surface area contributed by atoms with E-state index in [4.69, 9.17) is 29.4 Å². The van der Waals surface area contributed by atoms with Crippen molar-refractivity contribution in [2.24, 2.45) is 17.1 Å². The van der Waals surface area contributed by atoms with Crippen molar-refractivity contribution in [1.29, 1.82) is 0 Å². The summed E-state index contributed by atoms with van der Waals surface area (Å²) in [5.41, 5.74) is 8.84. The van der Waals surface area contributed by atoms with Crippen LogP contribution in [0.25, 0.3) is 11.1 Å². The summed E-state index contributed by atoms with van der Waals surface area (Å²) >= 11 is 0. The molecule has 12 amide bonds. The van der Waals surface area contributed by atoms with Crippen LogP contribution in [0, 0.1) is 42.8 Å². The average molecular weight is 1970 g/mol. The predicted molar refractivity (Wildman–Crippen MR) is 505 cm³/mol. The molecule has 0 fully saturated rings. The molecule has 44 nitrogen and oxygen atoms in total. The minimum atomic E-state index is -2.42. The highest BCUT2D eigenvalue weighted by atomic mass is 19.1. The number of aryl methyl sites for hydroxylation is 5. The van der Waals surface area contributed by atoms with Crippen molar-refractivity contribution in [3.05, 3.63) is 160 Å². The molecule has 45 heteroatoms. The number of amides is 12. The van der Waals surface area contributed by atoms with Crippen LogP contribution in [-0.2, 0) is 138 Å². The quantitative estimate of drug-likeness (QED) is 0.0101. The molecule has 3 aromatic heterocycles. The highest BCUT2D eigenvalue weighted by molar-refractivity contribution is 6.37. The molecule has 8 rings (SSSR count). The number of nitrogens with zero attached hydrogens (tertiary/aromatic N) is 7. The number of carboxylic acid groups (broad SMARTS) is 1. The third-order valence-corrected chi connectivity index (χ3v) is 22.9. The van der Waals surface area contributed by atoms with Crippen molar-refractivity contribution in [2.45, 2.75) is 231 Å². The Morgan fingerprint density at radius 2 is 1.29 bits per heavy atom. The topological polar surface area (TPSA) is 638 Å². The second-order valence-corrected chi connectivity index (χ2v) is 35.0. The summed E-state index contributed by atoms with van der Waals surface area (Å²) in [6, 6.07) is 10.8. The van der Waals surface area contributed by atoms with Crippen molar-refractivity contribution in [2.75, 3.05) is 79.1 Å². The number of ketones is 1. The molecule has 0 saturated carbocycles. The number of aromatic nitrogens is 9. The maximum Gasteiger partial charge on any atom is 0.305 e. The first-order chi connectivity index (χ1) is 67.4. The Morgan fingerprint density at radius 1 is 0.631 bits per heavy atom. The number of imidazole rings is 1. The number of rotatable bonds is 62. The lowest BCUT2D eigenvalue weighted by atomic mass is 9.90. The maximum atomic E-state index is 15.6. The number of hydrogen-bond acceptors (Lipinski definition) is 28. The van der Waals surface area contributed by atoms with Crippen molar-refractivity contribution in [3.63, 3.8) is 0 Å². The monoisotopic (exact) mass is 1960 g/mol. The van der Waals surface area contributed by atoms with Gasteiger partial charge in [-0.15, -0.1) is 21.2 Å². The van der Waals surface area contributed by atoms with E-state index in [9.17, 15) is 87.5 Å². The molecule has 0 radical (unpaired) electrons. The first kappa shape index (κ1) is 112. The SMILES string of the molecule is CCc1cc(OCCCCn2cc(COCCOCCOCCOCCNC(=O)C(=O)C3C#CCCCCC3)nn2)ccc1-c1ccc(C[C@H](NC(=O)[C@H](CC(=O)O)NC(=O)[C@H](CO)NC(=O)[C@@H](NC(=O)C(C)(Cc2ccccc2F)NC(=O)[C@@H](NC(=O)CNC(=O)[C@H](Cc2nn[nH]n2)NC(=O)C(C)(C)C(=O)NCCc2cnc[nH]2)[C@@H](C)O)[C@@H](C)O)C(=O)N[C@@H](CCCc2cc(C)cc(C)c2)C(N)=O)cc1.